The summed E-state index contributed by atoms with van der Waals surface area (Å²) >= 11 is 0. The van der Waals surface area contributed by atoms with Crippen molar-refractivity contribution in [1.29, 1.82) is 0 Å². The number of fused-ring (bicyclic) bond motifs is 3. The van der Waals surface area contributed by atoms with E-state index >= 15 is 0 Å². The molecule has 3 atom stereocenters. The molecule has 0 N–H and O–H groups in total. The molecule has 5 rings (SSSR count). The lowest BCUT2D eigenvalue weighted by atomic mass is 9.52. The Bertz CT molecular complexity index is 899. The van der Waals surface area contributed by atoms with Gasteiger partial charge in [-0.1, -0.05) is 58.0 Å². The summed E-state index contributed by atoms with van der Waals surface area (Å²) < 4.78 is 12.5. The second-order valence-corrected chi connectivity index (χ2v) is 10.1. The Hall–Kier alpha value is -1.78. The first-order valence-electron chi connectivity index (χ1n) is 11.1. The molecule has 4 nitrogen and oxygen atoms in total. The predicted molar refractivity (Wildman–Crippen MR) is 113 cm³/mol. The van der Waals surface area contributed by atoms with E-state index in [0.717, 1.165) is 31.5 Å². The van der Waals surface area contributed by atoms with Gasteiger partial charge in [0.05, 0.1) is 18.9 Å². The van der Waals surface area contributed by atoms with Gasteiger partial charge in [-0.05, 0) is 36.3 Å². The third-order valence-corrected chi connectivity index (χ3v) is 7.55. The molecule has 0 amide bonds. The van der Waals surface area contributed by atoms with Gasteiger partial charge in [0.25, 0.3) is 0 Å². The largest absolute Gasteiger partial charge is 0.347 e. The van der Waals surface area contributed by atoms with Gasteiger partial charge in [0.1, 0.15) is 5.82 Å². The van der Waals surface area contributed by atoms with E-state index in [1.54, 1.807) is 0 Å². The van der Waals surface area contributed by atoms with Crippen molar-refractivity contribution in [3.63, 3.8) is 0 Å². The van der Waals surface area contributed by atoms with E-state index in [1.165, 1.54) is 16.8 Å². The van der Waals surface area contributed by atoms with E-state index in [2.05, 4.69) is 64.2 Å². The number of rotatable bonds is 1. The average molecular weight is 393 g/mol. The maximum Gasteiger partial charge on any atom is 0.171 e. The minimum atomic E-state index is -0.416. The maximum absolute atomic E-state index is 6.23. The molecular weight excluding hydrogens is 360 g/mol. The molecule has 154 valence electrons. The van der Waals surface area contributed by atoms with Crippen LogP contribution < -0.4 is 0 Å². The van der Waals surface area contributed by atoms with E-state index < -0.39 is 5.79 Å². The van der Waals surface area contributed by atoms with Gasteiger partial charge in [-0.2, -0.15) is 0 Å². The molecule has 0 bridgehead atoms. The van der Waals surface area contributed by atoms with E-state index in [-0.39, 0.29) is 10.8 Å². The number of nitrogens with zero attached hydrogens (tertiary/aromatic N) is 2. The minimum Gasteiger partial charge on any atom is -0.347 e. The van der Waals surface area contributed by atoms with Crippen molar-refractivity contribution in [1.82, 2.24) is 9.97 Å². The standard InChI is InChI=1S/C25H32N2O2/c1-17-20-11-10-18-16-26-22(23(2,3)4)27-21(18)24(20,19-8-6-5-7-9-19)12-13-25(17)28-14-15-29-25/h5-9,16-17,20H,10-15H2,1-4H3/t17-,20-,24+/m0/s1. The summed E-state index contributed by atoms with van der Waals surface area (Å²) in [5.74, 6) is 1.28. The first kappa shape index (κ1) is 19.2. The molecule has 2 heterocycles. The highest BCUT2D eigenvalue weighted by molar-refractivity contribution is 5.44. The molecule has 0 unspecified atom stereocenters. The summed E-state index contributed by atoms with van der Waals surface area (Å²) in [5, 5.41) is 0. The van der Waals surface area contributed by atoms with Crippen LogP contribution in [0.1, 0.15) is 69.6 Å². The van der Waals surface area contributed by atoms with Crippen LogP contribution in [0.15, 0.2) is 36.5 Å². The lowest BCUT2D eigenvalue weighted by molar-refractivity contribution is -0.232. The topological polar surface area (TPSA) is 44.2 Å². The van der Waals surface area contributed by atoms with Crippen LogP contribution in [0, 0.1) is 11.8 Å². The maximum atomic E-state index is 6.23. The van der Waals surface area contributed by atoms with Crippen molar-refractivity contribution < 1.29 is 9.47 Å². The van der Waals surface area contributed by atoms with E-state index in [0.29, 0.717) is 25.0 Å². The SMILES string of the molecule is C[C@H]1[C@@H]2CCc3cnc(C(C)(C)C)nc3[C@@]2(c2ccccc2)CCC12OCCO2. The second kappa shape index (κ2) is 6.61. The van der Waals surface area contributed by atoms with E-state index in [9.17, 15) is 0 Å². The summed E-state index contributed by atoms with van der Waals surface area (Å²) in [6.07, 6.45) is 6.16. The third-order valence-electron chi connectivity index (χ3n) is 7.55. The van der Waals surface area contributed by atoms with Crippen LogP contribution in [0.4, 0.5) is 0 Å². The van der Waals surface area contributed by atoms with Crippen LogP contribution in [0.5, 0.6) is 0 Å². The molecule has 2 aromatic rings. The number of aryl methyl sites for hydroxylation is 1. The highest BCUT2D eigenvalue weighted by Gasteiger charge is 2.60. The fourth-order valence-corrected chi connectivity index (χ4v) is 6.06. The van der Waals surface area contributed by atoms with Crippen LogP contribution in [-0.4, -0.2) is 29.0 Å². The molecule has 4 heteroatoms. The van der Waals surface area contributed by atoms with Gasteiger partial charge in [-0.3, -0.25) is 0 Å². The fraction of sp³-hybridized carbons (Fsp3) is 0.600. The van der Waals surface area contributed by atoms with Crippen molar-refractivity contribution >= 4 is 0 Å². The number of aromatic nitrogens is 2. The Morgan fingerprint density at radius 2 is 1.76 bits per heavy atom. The summed E-state index contributed by atoms with van der Waals surface area (Å²) in [4.78, 5) is 10.0. The highest BCUT2D eigenvalue weighted by atomic mass is 16.7. The molecule has 3 aliphatic rings. The van der Waals surface area contributed by atoms with Crippen molar-refractivity contribution in [3.8, 4) is 0 Å². The summed E-state index contributed by atoms with van der Waals surface area (Å²) in [6, 6.07) is 11.0. The molecule has 1 saturated carbocycles. The van der Waals surface area contributed by atoms with E-state index in [4.69, 9.17) is 19.4 Å². The van der Waals surface area contributed by atoms with Crippen molar-refractivity contribution in [2.45, 2.75) is 70.0 Å². The van der Waals surface area contributed by atoms with Gasteiger partial charge < -0.3 is 9.47 Å². The smallest absolute Gasteiger partial charge is 0.171 e. The molecule has 1 aliphatic heterocycles. The Labute approximate surface area is 174 Å². The average Bonchev–Trinajstić information content (AvgIpc) is 3.20. The Morgan fingerprint density at radius 1 is 1.03 bits per heavy atom. The first-order valence-corrected chi connectivity index (χ1v) is 11.1. The zero-order valence-corrected chi connectivity index (χ0v) is 18.1. The quantitative estimate of drug-likeness (QED) is 0.699. The van der Waals surface area contributed by atoms with Crippen LogP contribution in [0.2, 0.25) is 0 Å². The van der Waals surface area contributed by atoms with Crippen LogP contribution in [0.3, 0.4) is 0 Å². The molecule has 1 spiro atoms. The minimum absolute atomic E-state index is 0.0704. The van der Waals surface area contributed by atoms with Crippen LogP contribution in [0.25, 0.3) is 0 Å². The van der Waals surface area contributed by atoms with E-state index in [1.807, 2.05) is 0 Å². The van der Waals surface area contributed by atoms with Crippen molar-refractivity contribution in [3.05, 3.63) is 59.2 Å². The molecule has 2 aliphatic carbocycles. The third kappa shape index (κ3) is 2.79. The summed E-state index contributed by atoms with van der Waals surface area (Å²) in [7, 11) is 0. The number of hydrogen-bond acceptors (Lipinski definition) is 4. The Balaban J connectivity index is 1.71. The van der Waals surface area contributed by atoms with Crippen LogP contribution >= 0.6 is 0 Å². The monoisotopic (exact) mass is 392 g/mol. The summed E-state index contributed by atoms with van der Waals surface area (Å²) in [6.45, 7) is 10.4. The Morgan fingerprint density at radius 3 is 2.45 bits per heavy atom. The molecule has 29 heavy (non-hydrogen) atoms. The molecule has 0 radical (unpaired) electrons. The zero-order valence-electron chi connectivity index (χ0n) is 18.1. The summed E-state index contributed by atoms with van der Waals surface area (Å²) in [5.41, 5.74) is 3.77. The number of ether oxygens (including phenoxy) is 2. The van der Waals surface area contributed by atoms with Gasteiger partial charge in [0.15, 0.2) is 5.79 Å². The predicted octanol–water partition coefficient (Wildman–Crippen LogP) is 4.80. The van der Waals surface area contributed by atoms with Crippen LogP contribution in [-0.2, 0) is 26.7 Å². The Kier molecular flexibility index (Phi) is 4.38. The van der Waals surface area contributed by atoms with Crippen molar-refractivity contribution in [2.24, 2.45) is 11.8 Å². The molecule has 2 fully saturated rings. The number of hydrogen-bond donors (Lipinski definition) is 0. The van der Waals surface area contributed by atoms with Gasteiger partial charge in [-0.25, -0.2) is 9.97 Å². The van der Waals surface area contributed by atoms with Gasteiger partial charge >= 0.3 is 0 Å². The highest BCUT2D eigenvalue weighted by Crippen LogP contribution is 2.59. The van der Waals surface area contributed by atoms with Gasteiger partial charge in [0.2, 0.25) is 0 Å². The molecule has 1 saturated heterocycles. The van der Waals surface area contributed by atoms with Gasteiger partial charge in [0, 0.05) is 29.4 Å². The normalized spacial score (nSPS) is 30.8. The molecule has 1 aromatic heterocycles. The van der Waals surface area contributed by atoms with Gasteiger partial charge in [-0.15, -0.1) is 0 Å². The fourth-order valence-electron chi connectivity index (χ4n) is 6.06. The first-order chi connectivity index (χ1) is 13.9. The molecule has 1 aromatic carbocycles. The number of benzene rings is 1. The lowest BCUT2D eigenvalue weighted by Gasteiger charge is -2.55. The molecular formula is C25H32N2O2. The van der Waals surface area contributed by atoms with Crippen molar-refractivity contribution in [2.75, 3.05) is 13.2 Å². The second-order valence-electron chi connectivity index (χ2n) is 10.1. The lowest BCUT2D eigenvalue weighted by Crippen LogP contribution is -2.57. The zero-order chi connectivity index (χ0) is 20.3.